The van der Waals surface area contributed by atoms with Gasteiger partial charge in [0.15, 0.2) is 0 Å². The Kier molecular flexibility index (Phi) is 7.77. The van der Waals surface area contributed by atoms with Crippen molar-refractivity contribution in [2.45, 2.75) is 71.5 Å². The highest BCUT2D eigenvalue weighted by Gasteiger charge is 2.38. The number of likely N-dealkylation sites (tertiary alicyclic amines) is 1. The predicted molar refractivity (Wildman–Crippen MR) is 111 cm³/mol. The van der Waals surface area contributed by atoms with Gasteiger partial charge in [-0.2, -0.15) is 0 Å². The van der Waals surface area contributed by atoms with E-state index in [0.717, 1.165) is 13.6 Å². The zero-order valence-corrected chi connectivity index (χ0v) is 18.9. The first-order valence-electron chi connectivity index (χ1n) is 9.36. The molecular weight excluding hydrogens is 446 g/mol. The molecule has 0 bridgehead atoms. The van der Waals surface area contributed by atoms with E-state index in [1.807, 2.05) is 26.8 Å². The Hall–Kier alpha value is -1.74. The van der Waals surface area contributed by atoms with Crippen LogP contribution in [0.1, 0.15) is 61.7 Å². The zero-order chi connectivity index (χ0) is 21.0. The molecule has 1 aliphatic rings. The zero-order valence-electron chi connectivity index (χ0n) is 16.5. The van der Waals surface area contributed by atoms with E-state index in [1.54, 1.807) is 6.92 Å². The number of amides is 4. The van der Waals surface area contributed by atoms with Crippen LogP contribution in [-0.2, 0) is 14.4 Å². The molecule has 1 aliphatic heterocycles. The second-order valence-corrected chi connectivity index (χ2v) is 9.72. The molecule has 2 heterocycles. The maximum atomic E-state index is 12.6. The van der Waals surface area contributed by atoms with Crippen LogP contribution in [0.3, 0.4) is 0 Å². The molecule has 28 heavy (non-hydrogen) atoms. The van der Waals surface area contributed by atoms with E-state index in [2.05, 4.69) is 26.6 Å². The monoisotopic (exact) mass is 471 g/mol. The Morgan fingerprint density at radius 1 is 1.18 bits per heavy atom. The molecule has 0 aliphatic carbocycles. The summed E-state index contributed by atoms with van der Waals surface area (Å²) in [4.78, 5) is 50.9. The molecule has 2 rings (SSSR count). The van der Waals surface area contributed by atoms with Gasteiger partial charge in [-0.15, -0.1) is 11.3 Å². The van der Waals surface area contributed by atoms with E-state index >= 15 is 0 Å². The van der Waals surface area contributed by atoms with Gasteiger partial charge in [-0.05, 0) is 55.6 Å². The number of aryl methyl sites for hydroxylation is 1. The minimum Gasteiger partial charge on any atom is -0.352 e. The van der Waals surface area contributed by atoms with Gasteiger partial charge in [-0.25, -0.2) is 0 Å². The molecule has 9 heteroatoms. The number of nitrogens with zero attached hydrogens (tertiary/aromatic N) is 1. The molecule has 3 unspecified atom stereocenters. The van der Waals surface area contributed by atoms with Crippen molar-refractivity contribution >= 4 is 50.9 Å². The van der Waals surface area contributed by atoms with Crippen LogP contribution in [0.25, 0.3) is 0 Å². The Morgan fingerprint density at radius 3 is 2.25 bits per heavy atom. The number of hydrogen-bond donors (Lipinski definition) is 2. The smallest absolute Gasteiger partial charge is 0.253 e. The summed E-state index contributed by atoms with van der Waals surface area (Å²) in [6.07, 6.45) is 1.22. The number of carbonyl (C=O) groups is 4. The minimum absolute atomic E-state index is 0.162. The molecule has 0 aromatic carbocycles. The molecule has 154 valence electrons. The van der Waals surface area contributed by atoms with Gasteiger partial charge in [-0.3, -0.25) is 24.1 Å². The maximum absolute atomic E-state index is 12.6. The number of halogens is 1. The molecule has 1 aromatic heterocycles. The van der Waals surface area contributed by atoms with Gasteiger partial charge in [-0.1, -0.05) is 6.92 Å². The number of thiophene rings is 1. The average molecular weight is 472 g/mol. The first-order valence-corrected chi connectivity index (χ1v) is 11.0. The summed E-state index contributed by atoms with van der Waals surface area (Å²) in [5.74, 6) is -1.09. The van der Waals surface area contributed by atoms with Crippen LogP contribution in [0.2, 0.25) is 0 Å². The molecule has 1 fully saturated rings. The Bertz CT molecular complexity index is 763. The van der Waals surface area contributed by atoms with E-state index in [-0.39, 0.29) is 48.6 Å². The van der Waals surface area contributed by atoms with Crippen LogP contribution in [0.4, 0.5) is 0 Å². The Labute approximate surface area is 177 Å². The molecule has 0 radical (unpaired) electrons. The Morgan fingerprint density at radius 2 is 1.75 bits per heavy atom. The van der Waals surface area contributed by atoms with Gasteiger partial charge in [0, 0.05) is 29.8 Å². The fourth-order valence-corrected chi connectivity index (χ4v) is 5.14. The first kappa shape index (κ1) is 22.5. The number of nitrogens with one attached hydrogen (secondary N) is 2. The summed E-state index contributed by atoms with van der Waals surface area (Å²) in [6.45, 7) is 7.43. The van der Waals surface area contributed by atoms with E-state index in [9.17, 15) is 19.2 Å². The van der Waals surface area contributed by atoms with Crippen molar-refractivity contribution < 1.29 is 19.2 Å². The SMILES string of the molecule is CCC(C(=O)NC(C)CC(C)NC(=O)c1cc(C)sc1Br)N1C(=O)CCC1=O. The topological polar surface area (TPSA) is 95.6 Å². The van der Waals surface area contributed by atoms with Gasteiger partial charge in [0.1, 0.15) is 6.04 Å². The molecule has 4 amide bonds. The molecule has 1 saturated heterocycles. The molecule has 2 N–H and O–H groups in total. The van der Waals surface area contributed by atoms with Crippen LogP contribution in [0.5, 0.6) is 0 Å². The lowest BCUT2D eigenvalue weighted by molar-refractivity contribution is -0.147. The highest BCUT2D eigenvalue weighted by molar-refractivity contribution is 9.11. The number of rotatable bonds is 8. The summed E-state index contributed by atoms with van der Waals surface area (Å²) >= 11 is 4.90. The number of imide groups is 1. The summed E-state index contributed by atoms with van der Waals surface area (Å²) in [5.41, 5.74) is 0.600. The molecular formula is C19H26BrN3O4S. The molecule has 0 saturated carbocycles. The van der Waals surface area contributed by atoms with Gasteiger partial charge in [0.2, 0.25) is 17.7 Å². The predicted octanol–water partition coefficient (Wildman–Crippen LogP) is 2.76. The van der Waals surface area contributed by atoms with E-state index < -0.39 is 6.04 Å². The quantitative estimate of drug-likeness (QED) is 0.569. The van der Waals surface area contributed by atoms with E-state index in [4.69, 9.17) is 0 Å². The molecule has 3 atom stereocenters. The van der Waals surface area contributed by atoms with Crippen molar-refractivity contribution in [2.75, 3.05) is 0 Å². The first-order chi connectivity index (χ1) is 13.1. The fraction of sp³-hybridized carbons (Fsp3) is 0.579. The third-order valence-electron chi connectivity index (χ3n) is 4.62. The van der Waals surface area contributed by atoms with Crippen molar-refractivity contribution in [3.05, 3.63) is 20.3 Å². The second-order valence-electron chi connectivity index (χ2n) is 7.15. The summed E-state index contributed by atoms with van der Waals surface area (Å²) in [7, 11) is 0. The number of hydrogen-bond acceptors (Lipinski definition) is 5. The lowest BCUT2D eigenvalue weighted by atomic mass is 10.1. The van der Waals surface area contributed by atoms with Crippen LogP contribution in [0, 0.1) is 6.92 Å². The lowest BCUT2D eigenvalue weighted by Crippen LogP contribution is -2.51. The molecule has 1 aromatic rings. The lowest BCUT2D eigenvalue weighted by Gasteiger charge is -2.27. The summed E-state index contributed by atoms with van der Waals surface area (Å²) in [5, 5.41) is 5.80. The van der Waals surface area contributed by atoms with Gasteiger partial charge >= 0.3 is 0 Å². The average Bonchev–Trinajstić information content (AvgIpc) is 3.10. The van der Waals surface area contributed by atoms with Gasteiger partial charge < -0.3 is 10.6 Å². The fourth-order valence-electron chi connectivity index (χ4n) is 3.36. The second kappa shape index (κ2) is 9.65. The standard InChI is InChI=1S/C19H26BrN3O4S/c1-5-14(23-15(24)6-7-16(23)25)19(27)22-11(3)8-10(2)21-18(26)13-9-12(4)28-17(13)20/h9-11,14H,5-8H2,1-4H3,(H,21,26)(H,22,27). The highest BCUT2D eigenvalue weighted by Crippen LogP contribution is 2.27. The third kappa shape index (κ3) is 5.41. The molecule has 0 spiro atoms. The largest absolute Gasteiger partial charge is 0.352 e. The van der Waals surface area contributed by atoms with Crippen molar-refractivity contribution in [3.8, 4) is 0 Å². The molecule has 7 nitrogen and oxygen atoms in total. The van der Waals surface area contributed by atoms with Crippen LogP contribution < -0.4 is 10.6 Å². The highest BCUT2D eigenvalue weighted by atomic mass is 79.9. The van der Waals surface area contributed by atoms with Crippen LogP contribution in [0.15, 0.2) is 9.85 Å². The van der Waals surface area contributed by atoms with Crippen molar-refractivity contribution in [3.63, 3.8) is 0 Å². The Balaban J connectivity index is 1.89. The van der Waals surface area contributed by atoms with Crippen LogP contribution >= 0.6 is 27.3 Å². The van der Waals surface area contributed by atoms with Crippen LogP contribution in [-0.4, -0.2) is 46.7 Å². The number of carbonyl (C=O) groups excluding carboxylic acids is 4. The maximum Gasteiger partial charge on any atom is 0.253 e. The summed E-state index contributed by atoms with van der Waals surface area (Å²) in [6, 6.07) is 0.666. The van der Waals surface area contributed by atoms with Gasteiger partial charge in [0.05, 0.1) is 9.35 Å². The van der Waals surface area contributed by atoms with Crippen molar-refractivity contribution in [2.24, 2.45) is 0 Å². The summed E-state index contributed by atoms with van der Waals surface area (Å²) < 4.78 is 0.793. The van der Waals surface area contributed by atoms with E-state index in [0.29, 0.717) is 18.4 Å². The minimum atomic E-state index is -0.778. The van der Waals surface area contributed by atoms with Crippen molar-refractivity contribution in [1.82, 2.24) is 15.5 Å². The third-order valence-corrected chi connectivity index (χ3v) is 6.37. The van der Waals surface area contributed by atoms with Gasteiger partial charge in [0.25, 0.3) is 5.91 Å². The normalized spacial score (nSPS) is 17.4. The van der Waals surface area contributed by atoms with E-state index in [1.165, 1.54) is 11.3 Å². The van der Waals surface area contributed by atoms with Crippen molar-refractivity contribution in [1.29, 1.82) is 0 Å².